The van der Waals surface area contributed by atoms with Gasteiger partial charge in [0.05, 0.1) is 5.39 Å². The van der Waals surface area contributed by atoms with Gasteiger partial charge in [-0.1, -0.05) is 25.1 Å². The van der Waals surface area contributed by atoms with Gasteiger partial charge in [-0.3, -0.25) is 0 Å². The summed E-state index contributed by atoms with van der Waals surface area (Å²) in [4.78, 5) is 0. The van der Waals surface area contributed by atoms with Gasteiger partial charge < -0.3 is 4.52 Å². The highest BCUT2D eigenvalue weighted by molar-refractivity contribution is 5.85. The summed E-state index contributed by atoms with van der Waals surface area (Å²) in [6, 6.07) is 3.56. The molecule has 0 atom stereocenters. The lowest BCUT2D eigenvalue weighted by molar-refractivity contribution is 0.142. The molecule has 0 saturated heterocycles. The van der Waals surface area contributed by atoms with Gasteiger partial charge in [0.1, 0.15) is 0 Å². The second-order valence-corrected chi connectivity index (χ2v) is 4.19. The summed E-state index contributed by atoms with van der Waals surface area (Å²) < 4.78 is 30.5. The molecular weight excluding hydrogens is 212 g/mol. The Morgan fingerprint density at radius 2 is 1.94 bits per heavy atom. The summed E-state index contributed by atoms with van der Waals surface area (Å²) in [5, 5.41) is 3.93. The van der Waals surface area contributed by atoms with Crippen molar-refractivity contribution in [3.05, 3.63) is 29.0 Å². The number of benzene rings is 1. The van der Waals surface area contributed by atoms with E-state index in [9.17, 15) is 8.78 Å². The van der Waals surface area contributed by atoms with Gasteiger partial charge in [-0.15, -0.1) is 0 Å². The maximum atomic E-state index is 12.8. The van der Waals surface area contributed by atoms with Gasteiger partial charge >= 0.3 is 0 Å². The molecule has 1 aromatic heterocycles. The number of hydrogen-bond donors (Lipinski definition) is 0. The number of aryl methyl sites for hydroxylation is 1. The van der Waals surface area contributed by atoms with E-state index in [1.54, 1.807) is 6.07 Å². The summed E-state index contributed by atoms with van der Waals surface area (Å²) in [6.45, 7) is 5.87. The second kappa shape index (κ2) is 3.85. The summed E-state index contributed by atoms with van der Waals surface area (Å²) in [5.41, 5.74) is 2.08. The van der Waals surface area contributed by atoms with E-state index in [0.29, 0.717) is 11.0 Å². The highest BCUT2D eigenvalue weighted by Crippen LogP contribution is 2.34. The zero-order valence-corrected chi connectivity index (χ0v) is 9.42. The first-order valence-electron chi connectivity index (χ1n) is 5.19. The molecule has 16 heavy (non-hydrogen) atoms. The van der Waals surface area contributed by atoms with Crippen molar-refractivity contribution in [3.8, 4) is 0 Å². The molecule has 0 N–H and O–H groups in total. The van der Waals surface area contributed by atoms with Crippen LogP contribution in [0.5, 0.6) is 0 Å². The van der Waals surface area contributed by atoms with Crippen molar-refractivity contribution in [2.75, 3.05) is 0 Å². The fourth-order valence-electron chi connectivity index (χ4n) is 2.08. The molecule has 0 unspecified atom stereocenters. The fraction of sp³-hybridized carbons (Fsp3) is 0.417. The fourth-order valence-corrected chi connectivity index (χ4v) is 2.08. The first kappa shape index (κ1) is 11.0. The van der Waals surface area contributed by atoms with Gasteiger partial charge in [0.25, 0.3) is 6.43 Å². The third kappa shape index (κ3) is 1.58. The molecular formula is C12H13F2NO. The molecule has 0 aliphatic carbocycles. The molecule has 1 heterocycles. The van der Waals surface area contributed by atoms with Crippen LogP contribution in [0.3, 0.4) is 0 Å². The summed E-state index contributed by atoms with van der Waals surface area (Å²) in [6.07, 6.45) is -2.60. The Morgan fingerprint density at radius 1 is 1.25 bits per heavy atom. The minimum atomic E-state index is -2.60. The molecule has 86 valence electrons. The van der Waals surface area contributed by atoms with Crippen molar-refractivity contribution >= 4 is 11.0 Å². The molecule has 0 fully saturated rings. The zero-order chi connectivity index (χ0) is 11.9. The molecule has 0 spiro atoms. The SMILES string of the molecule is Cc1ccc2onc(C(F)F)c2c1C(C)C. The summed E-state index contributed by atoms with van der Waals surface area (Å²) in [5.74, 6) is 0.167. The van der Waals surface area contributed by atoms with Gasteiger partial charge in [-0.25, -0.2) is 8.78 Å². The highest BCUT2D eigenvalue weighted by atomic mass is 19.3. The molecule has 0 radical (unpaired) electrons. The Balaban J connectivity index is 2.82. The molecule has 0 bridgehead atoms. The van der Waals surface area contributed by atoms with Crippen LogP contribution in [0.2, 0.25) is 0 Å². The Hall–Kier alpha value is -1.45. The molecule has 2 nitrogen and oxygen atoms in total. The van der Waals surface area contributed by atoms with Crippen LogP contribution in [0.1, 0.15) is 43.0 Å². The average Bonchev–Trinajstić information content (AvgIpc) is 2.60. The average molecular weight is 225 g/mol. The van der Waals surface area contributed by atoms with E-state index >= 15 is 0 Å². The van der Waals surface area contributed by atoms with Gasteiger partial charge in [0, 0.05) is 0 Å². The van der Waals surface area contributed by atoms with Crippen LogP contribution in [0, 0.1) is 6.92 Å². The lowest BCUT2D eigenvalue weighted by atomic mass is 9.93. The van der Waals surface area contributed by atoms with Crippen molar-refractivity contribution in [1.29, 1.82) is 0 Å². The zero-order valence-electron chi connectivity index (χ0n) is 9.42. The van der Waals surface area contributed by atoms with Crippen LogP contribution in [-0.4, -0.2) is 5.16 Å². The first-order chi connectivity index (χ1) is 7.52. The maximum absolute atomic E-state index is 12.8. The van der Waals surface area contributed by atoms with E-state index in [-0.39, 0.29) is 11.6 Å². The highest BCUT2D eigenvalue weighted by Gasteiger charge is 2.22. The number of alkyl halides is 2. The van der Waals surface area contributed by atoms with Crippen molar-refractivity contribution in [2.24, 2.45) is 0 Å². The Kier molecular flexibility index (Phi) is 2.66. The number of nitrogens with zero attached hydrogens (tertiary/aromatic N) is 1. The Labute approximate surface area is 92.2 Å². The lowest BCUT2D eigenvalue weighted by Crippen LogP contribution is -1.95. The van der Waals surface area contributed by atoms with Crippen molar-refractivity contribution in [1.82, 2.24) is 5.16 Å². The minimum absolute atomic E-state index is 0.167. The maximum Gasteiger partial charge on any atom is 0.284 e. The van der Waals surface area contributed by atoms with Crippen LogP contribution in [0.25, 0.3) is 11.0 Å². The molecule has 0 aliphatic heterocycles. The molecule has 2 rings (SSSR count). The van der Waals surface area contributed by atoms with Crippen LogP contribution in [-0.2, 0) is 0 Å². The molecule has 4 heteroatoms. The van der Waals surface area contributed by atoms with Gasteiger partial charge in [0.15, 0.2) is 11.3 Å². The third-order valence-corrected chi connectivity index (χ3v) is 2.71. The predicted octanol–water partition coefficient (Wildman–Crippen LogP) is 4.20. The van der Waals surface area contributed by atoms with Gasteiger partial charge in [0.2, 0.25) is 0 Å². The van der Waals surface area contributed by atoms with E-state index in [1.165, 1.54) is 0 Å². The van der Waals surface area contributed by atoms with Crippen LogP contribution >= 0.6 is 0 Å². The Bertz CT molecular complexity index is 517. The van der Waals surface area contributed by atoms with E-state index in [1.807, 2.05) is 26.8 Å². The largest absolute Gasteiger partial charge is 0.356 e. The number of halogens is 2. The number of aromatic nitrogens is 1. The molecule has 0 aliphatic rings. The number of hydrogen-bond acceptors (Lipinski definition) is 2. The lowest BCUT2D eigenvalue weighted by Gasteiger charge is -2.11. The summed E-state index contributed by atoms with van der Waals surface area (Å²) >= 11 is 0. The molecule has 0 amide bonds. The Morgan fingerprint density at radius 3 is 2.50 bits per heavy atom. The predicted molar refractivity (Wildman–Crippen MR) is 57.8 cm³/mol. The van der Waals surface area contributed by atoms with Crippen molar-refractivity contribution in [3.63, 3.8) is 0 Å². The van der Waals surface area contributed by atoms with Gasteiger partial charge in [-0.05, 0) is 30.0 Å². The summed E-state index contributed by atoms with van der Waals surface area (Å²) in [7, 11) is 0. The van der Waals surface area contributed by atoms with E-state index in [4.69, 9.17) is 4.52 Å². The van der Waals surface area contributed by atoms with E-state index in [0.717, 1.165) is 11.1 Å². The molecule has 1 aromatic carbocycles. The van der Waals surface area contributed by atoms with Crippen LogP contribution in [0.4, 0.5) is 8.78 Å². The van der Waals surface area contributed by atoms with Crippen molar-refractivity contribution in [2.45, 2.75) is 33.1 Å². The smallest absolute Gasteiger partial charge is 0.284 e. The monoisotopic (exact) mass is 225 g/mol. The van der Waals surface area contributed by atoms with Crippen molar-refractivity contribution < 1.29 is 13.3 Å². The van der Waals surface area contributed by atoms with Crippen LogP contribution in [0.15, 0.2) is 16.7 Å². The third-order valence-electron chi connectivity index (χ3n) is 2.71. The van der Waals surface area contributed by atoms with E-state index < -0.39 is 6.43 Å². The normalized spacial score (nSPS) is 11.9. The molecule has 0 saturated carbocycles. The molecule has 2 aromatic rings. The number of fused-ring (bicyclic) bond motifs is 1. The quantitative estimate of drug-likeness (QED) is 0.765. The standard InChI is InChI=1S/C12H13F2NO/c1-6(2)9-7(3)4-5-8-10(9)11(12(13)14)15-16-8/h4-6,12H,1-3H3. The van der Waals surface area contributed by atoms with Gasteiger partial charge in [-0.2, -0.15) is 0 Å². The second-order valence-electron chi connectivity index (χ2n) is 4.19. The minimum Gasteiger partial charge on any atom is -0.356 e. The first-order valence-corrected chi connectivity index (χ1v) is 5.19. The van der Waals surface area contributed by atoms with Crippen LogP contribution < -0.4 is 0 Å². The number of rotatable bonds is 2. The topological polar surface area (TPSA) is 26.0 Å². The van der Waals surface area contributed by atoms with E-state index in [2.05, 4.69) is 5.16 Å².